The van der Waals surface area contributed by atoms with Crippen molar-refractivity contribution in [2.24, 2.45) is 0 Å². The number of carbonyl (C=O) groups is 1. The number of amides is 1. The topological polar surface area (TPSA) is 66.7 Å². The van der Waals surface area contributed by atoms with E-state index in [4.69, 9.17) is 0 Å². The van der Waals surface area contributed by atoms with E-state index >= 15 is 0 Å². The molecule has 0 aromatic heterocycles. The summed E-state index contributed by atoms with van der Waals surface area (Å²) in [5.41, 5.74) is -0.970. The van der Waals surface area contributed by atoms with E-state index in [-0.39, 0.29) is 11.6 Å². The number of hydrogen-bond donors (Lipinski definition) is 0. The third-order valence-corrected chi connectivity index (χ3v) is 5.15. The highest BCUT2D eigenvalue weighted by molar-refractivity contribution is 14.1. The van der Waals surface area contributed by atoms with E-state index in [0.717, 1.165) is 15.7 Å². The number of nitro groups is 1. The van der Waals surface area contributed by atoms with Gasteiger partial charge in [-0.3, -0.25) is 14.9 Å². The number of carbonyl (C=O) groups excluding carboxylic acids is 1. The molecule has 1 amide bonds. The smallest absolute Gasteiger partial charge is 0.362 e. The third-order valence-electron chi connectivity index (χ3n) is 4.48. The summed E-state index contributed by atoms with van der Waals surface area (Å²) in [6.07, 6.45) is -4.65. The summed E-state index contributed by atoms with van der Waals surface area (Å²) in [6.45, 7) is 1.23. The second kappa shape index (κ2) is 7.94. The van der Waals surface area contributed by atoms with Gasteiger partial charge in [0.2, 0.25) is 0 Å². The Hall–Kier alpha value is -2.37. The molecule has 0 atom stereocenters. The highest BCUT2D eigenvalue weighted by Gasteiger charge is 2.34. The molecule has 28 heavy (non-hydrogen) atoms. The summed E-state index contributed by atoms with van der Waals surface area (Å²) in [4.78, 5) is 26.3. The van der Waals surface area contributed by atoms with Crippen molar-refractivity contribution in [1.82, 2.24) is 4.90 Å². The molecule has 0 aliphatic carbocycles. The lowest BCUT2D eigenvalue weighted by Gasteiger charge is -2.36. The van der Waals surface area contributed by atoms with Gasteiger partial charge in [0, 0.05) is 41.4 Å². The van der Waals surface area contributed by atoms with Gasteiger partial charge >= 0.3 is 6.18 Å². The Kier molecular flexibility index (Phi) is 5.77. The summed E-state index contributed by atoms with van der Waals surface area (Å²) in [5.74, 6) is -0.139. The number of rotatable bonds is 3. The van der Waals surface area contributed by atoms with Crippen molar-refractivity contribution in [1.29, 1.82) is 0 Å². The number of hydrogen-bond acceptors (Lipinski definition) is 4. The van der Waals surface area contributed by atoms with Crippen molar-refractivity contribution in [3.63, 3.8) is 0 Å². The van der Waals surface area contributed by atoms with Gasteiger partial charge in [0.25, 0.3) is 11.6 Å². The quantitative estimate of drug-likeness (QED) is 0.357. The Labute approximate surface area is 172 Å². The fraction of sp³-hybridized carbons (Fsp3) is 0.278. The van der Waals surface area contributed by atoms with Crippen LogP contribution >= 0.6 is 22.6 Å². The molecule has 0 spiro atoms. The van der Waals surface area contributed by atoms with Crippen LogP contribution in [0.15, 0.2) is 42.5 Å². The normalized spacial score (nSPS) is 14.9. The highest BCUT2D eigenvalue weighted by atomic mass is 127. The fourth-order valence-electron chi connectivity index (χ4n) is 3.07. The van der Waals surface area contributed by atoms with Gasteiger partial charge in [-0.25, -0.2) is 0 Å². The molecule has 6 nitrogen and oxygen atoms in total. The number of piperazine rings is 1. The molecule has 2 aromatic carbocycles. The van der Waals surface area contributed by atoms with Gasteiger partial charge in [-0.15, -0.1) is 0 Å². The van der Waals surface area contributed by atoms with Crippen LogP contribution in [0, 0.1) is 13.7 Å². The van der Waals surface area contributed by atoms with Gasteiger partial charge in [-0.05, 0) is 52.9 Å². The molecule has 10 heteroatoms. The minimum atomic E-state index is -4.65. The Bertz CT molecular complexity index is 912. The van der Waals surface area contributed by atoms with Crippen LogP contribution < -0.4 is 4.90 Å². The summed E-state index contributed by atoms with van der Waals surface area (Å²) in [6, 6.07) is 9.67. The number of nitro benzene ring substituents is 1. The summed E-state index contributed by atoms with van der Waals surface area (Å²) in [7, 11) is 0. The minimum Gasteiger partial charge on any atom is -0.362 e. The molecule has 148 valence electrons. The van der Waals surface area contributed by atoms with Crippen molar-refractivity contribution >= 4 is 39.9 Å². The second-order valence-corrected chi connectivity index (χ2v) is 7.49. The molecule has 0 radical (unpaired) electrons. The first-order chi connectivity index (χ1) is 13.2. The zero-order valence-corrected chi connectivity index (χ0v) is 16.6. The fourth-order valence-corrected chi connectivity index (χ4v) is 3.61. The van der Waals surface area contributed by atoms with Crippen LogP contribution in [-0.2, 0) is 6.18 Å². The van der Waals surface area contributed by atoms with Gasteiger partial charge in [-0.2, -0.15) is 13.2 Å². The summed E-state index contributed by atoms with van der Waals surface area (Å²) < 4.78 is 39.5. The van der Waals surface area contributed by atoms with E-state index in [1.165, 1.54) is 0 Å². The molecule has 0 saturated carbocycles. The Morgan fingerprint density at radius 3 is 2.32 bits per heavy atom. The molecule has 1 fully saturated rings. The maximum Gasteiger partial charge on any atom is 0.416 e. The van der Waals surface area contributed by atoms with Crippen LogP contribution in [0.5, 0.6) is 0 Å². The largest absolute Gasteiger partial charge is 0.416 e. The van der Waals surface area contributed by atoms with Crippen LogP contribution in [0.3, 0.4) is 0 Å². The monoisotopic (exact) mass is 505 g/mol. The number of alkyl halides is 3. The van der Waals surface area contributed by atoms with Crippen molar-refractivity contribution < 1.29 is 22.9 Å². The van der Waals surface area contributed by atoms with Crippen LogP contribution in [0.2, 0.25) is 0 Å². The van der Waals surface area contributed by atoms with E-state index in [2.05, 4.69) is 22.6 Å². The number of nitrogens with zero attached hydrogens (tertiary/aromatic N) is 3. The standard InChI is InChI=1S/C18H15F3IN3O3/c19-18(20,21)13-4-5-15(16(11-13)25(27)28)23-6-8-24(9-7-23)17(26)12-2-1-3-14(22)10-12/h1-5,10-11H,6-9H2. The van der Waals surface area contributed by atoms with Gasteiger partial charge in [0.15, 0.2) is 0 Å². The zero-order valence-electron chi connectivity index (χ0n) is 14.4. The Morgan fingerprint density at radius 1 is 1.07 bits per heavy atom. The minimum absolute atomic E-state index is 0.124. The maximum absolute atomic E-state index is 12.9. The van der Waals surface area contributed by atoms with Crippen LogP contribution in [0.1, 0.15) is 15.9 Å². The molecule has 0 bridgehead atoms. The summed E-state index contributed by atoms with van der Waals surface area (Å²) >= 11 is 2.12. The first kappa shape index (κ1) is 20.4. The number of anilines is 1. The van der Waals surface area contributed by atoms with Crippen molar-refractivity contribution in [3.8, 4) is 0 Å². The average molecular weight is 505 g/mol. The Balaban J connectivity index is 1.76. The first-order valence-electron chi connectivity index (χ1n) is 8.32. The molecule has 1 aliphatic rings. The van der Waals surface area contributed by atoms with Gasteiger partial charge in [0.1, 0.15) is 5.69 Å². The van der Waals surface area contributed by atoms with Gasteiger partial charge in [-0.1, -0.05) is 6.07 Å². The van der Waals surface area contributed by atoms with E-state index in [9.17, 15) is 28.1 Å². The lowest BCUT2D eigenvalue weighted by molar-refractivity contribution is -0.384. The highest BCUT2D eigenvalue weighted by Crippen LogP contribution is 2.36. The van der Waals surface area contributed by atoms with Gasteiger partial charge < -0.3 is 9.80 Å². The molecular formula is C18H15F3IN3O3. The first-order valence-corrected chi connectivity index (χ1v) is 9.40. The maximum atomic E-state index is 12.9. The van der Waals surface area contributed by atoms with E-state index in [1.54, 1.807) is 28.0 Å². The second-order valence-electron chi connectivity index (χ2n) is 6.25. The molecule has 0 N–H and O–H groups in total. The summed E-state index contributed by atoms with van der Waals surface area (Å²) in [5, 5.41) is 11.3. The molecule has 3 rings (SSSR count). The van der Waals surface area contributed by atoms with Crippen LogP contribution in [0.25, 0.3) is 0 Å². The Morgan fingerprint density at radius 2 is 1.75 bits per heavy atom. The number of halogens is 4. The van der Waals surface area contributed by atoms with Crippen molar-refractivity contribution in [2.45, 2.75) is 6.18 Å². The zero-order chi connectivity index (χ0) is 20.5. The lowest BCUT2D eigenvalue weighted by atomic mass is 10.1. The van der Waals surface area contributed by atoms with Gasteiger partial charge in [0.05, 0.1) is 10.5 Å². The molecule has 1 saturated heterocycles. The predicted molar refractivity (Wildman–Crippen MR) is 105 cm³/mol. The van der Waals surface area contributed by atoms with E-state index in [1.807, 2.05) is 6.07 Å². The average Bonchev–Trinajstić information content (AvgIpc) is 2.66. The van der Waals surface area contributed by atoms with Crippen LogP contribution in [-0.4, -0.2) is 41.9 Å². The molecular weight excluding hydrogens is 490 g/mol. The predicted octanol–water partition coefficient (Wildman–Crippen LogP) is 4.18. The molecule has 1 aliphatic heterocycles. The number of benzene rings is 2. The SMILES string of the molecule is O=C(c1cccc(I)c1)N1CCN(c2ccc(C(F)(F)F)cc2[N+](=O)[O-])CC1. The van der Waals surface area contributed by atoms with Crippen LogP contribution in [0.4, 0.5) is 24.5 Å². The third kappa shape index (κ3) is 4.37. The van der Waals surface area contributed by atoms with Crippen molar-refractivity contribution in [3.05, 3.63) is 67.3 Å². The molecule has 2 aromatic rings. The molecule has 0 unspecified atom stereocenters. The van der Waals surface area contributed by atoms with E-state index in [0.29, 0.717) is 37.8 Å². The van der Waals surface area contributed by atoms with E-state index < -0.39 is 22.4 Å². The lowest BCUT2D eigenvalue weighted by Crippen LogP contribution is -2.49. The van der Waals surface area contributed by atoms with Crippen molar-refractivity contribution in [2.75, 3.05) is 31.1 Å². The molecule has 1 heterocycles.